The van der Waals surface area contributed by atoms with E-state index in [1.165, 1.54) is 0 Å². The molecule has 3 fully saturated rings. The van der Waals surface area contributed by atoms with Crippen LogP contribution < -0.4 is 0 Å². The summed E-state index contributed by atoms with van der Waals surface area (Å²) in [6.45, 7) is 4.24. The number of hydrogen-bond donors (Lipinski definition) is 0. The Labute approximate surface area is 159 Å². The Morgan fingerprint density at radius 2 is 2.07 bits per heavy atom. The van der Waals surface area contributed by atoms with E-state index in [0.717, 1.165) is 24.2 Å². The monoisotopic (exact) mass is 367 g/mol. The maximum absolute atomic E-state index is 12.9. The second-order valence-electron chi connectivity index (χ2n) is 7.46. The summed E-state index contributed by atoms with van der Waals surface area (Å²) in [7, 11) is 0. The lowest BCUT2D eigenvalue weighted by Crippen LogP contribution is -2.47. The number of hydrogen-bond acceptors (Lipinski definition) is 4. The molecule has 2 atom stereocenters. The van der Waals surface area contributed by atoms with Gasteiger partial charge in [0.1, 0.15) is 0 Å². The minimum absolute atomic E-state index is 0.0774. The molecule has 0 unspecified atom stereocenters. The van der Waals surface area contributed by atoms with Crippen LogP contribution in [0, 0.1) is 12.8 Å². The smallest absolute Gasteiger partial charge is 0.228 e. The maximum Gasteiger partial charge on any atom is 0.228 e. The summed E-state index contributed by atoms with van der Waals surface area (Å²) >= 11 is 0. The van der Waals surface area contributed by atoms with Crippen molar-refractivity contribution in [2.75, 3.05) is 13.1 Å². The zero-order valence-corrected chi connectivity index (χ0v) is 15.6. The Hall–Kier alpha value is -2.70. The molecule has 7 heteroatoms. The molecule has 27 heavy (non-hydrogen) atoms. The average Bonchev–Trinajstić information content (AvgIpc) is 2.90. The van der Waals surface area contributed by atoms with Crippen LogP contribution in [0.4, 0.5) is 0 Å². The molecule has 142 valence electrons. The second kappa shape index (κ2) is 7.50. The molecule has 3 aliphatic rings. The Balaban J connectivity index is 1.43. The number of carbonyl (C=O) groups excluding carboxylic acids is 2. The molecule has 7 nitrogen and oxygen atoms in total. The van der Waals surface area contributed by atoms with Crippen LogP contribution in [-0.4, -0.2) is 55.5 Å². The Kier molecular flexibility index (Phi) is 4.92. The quantitative estimate of drug-likeness (QED) is 0.805. The van der Waals surface area contributed by atoms with Gasteiger partial charge in [-0.2, -0.15) is 5.10 Å². The third-order valence-electron chi connectivity index (χ3n) is 5.67. The van der Waals surface area contributed by atoms with Crippen molar-refractivity contribution in [2.24, 2.45) is 5.92 Å². The Morgan fingerprint density at radius 1 is 1.19 bits per heavy atom. The number of pyridine rings is 1. The van der Waals surface area contributed by atoms with E-state index in [4.69, 9.17) is 0 Å². The number of nitrogens with zero attached hydrogens (tertiary/aromatic N) is 5. The van der Waals surface area contributed by atoms with Gasteiger partial charge in [0, 0.05) is 50.2 Å². The molecule has 0 aliphatic carbocycles. The van der Waals surface area contributed by atoms with Gasteiger partial charge in [0.05, 0.1) is 18.2 Å². The molecule has 3 aliphatic heterocycles. The molecule has 5 rings (SSSR count). The van der Waals surface area contributed by atoms with E-state index in [2.05, 4.69) is 10.1 Å². The van der Waals surface area contributed by atoms with E-state index in [9.17, 15) is 9.59 Å². The second-order valence-corrected chi connectivity index (χ2v) is 7.46. The van der Waals surface area contributed by atoms with E-state index < -0.39 is 0 Å². The molecule has 0 aromatic carbocycles. The largest absolute Gasteiger partial charge is 0.340 e. The number of carbonyl (C=O) groups is 2. The Bertz CT molecular complexity index is 819. The highest BCUT2D eigenvalue weighted by Crippen LogP contribution is 2.30. The van der Waals surface area contributed by atoms with Gasteiger partial charge in [0.2, 0.25) is 11.8 Å². The molecule has 5 heterocycles. The first kappa shape index (κ1) is 17.7. The van der Waals surface area contributed by atoms with Gasteiger partial charge >= 0.3 is 0 Å². The third-order valence-corrected chi connectivity index (χ3v) is 5.67. The predicted molar refractivity (Wildman–Crippen MR) is 99.5 cm³/mol. The lowest BCUT2D eigenvalue weighted by atomic mass is 9.94. The zero-order valence-electron chi connectivity index (χ0n) is 15.6. The third kappa shape index (κ3) is 3.72. The fourth-order valence-electron chi connectivity index (χ4n) is 4.11. The van der Waals surface area contributed by atoms with Gasteiger partial charge in [-0.1, -0.05) is 6.07 Å². The van der Waals surface area contributed by atoms with Crippen LogP contribution in [0.1, 0.15) is 30.7 Å². The van der Waals surface area contributed by atoms with E-state index in [1.54, 1.807) is 12.4 Å². The van der Waals surface area contributed by atoms with Crippen LogP contribution in [-0.2, 0) is 22.7 Å². The summed E-state index contributed by atoms with van der Waals surface area (Å²) in [6, 6.07) is 7.78. The highest BCUT2D eigenvalue weighted by atomic mass is 16.2. The lowest BCUT2D eigenvalue weighted by molar-refractivity contribution is -0.140. The number of aromatic nitrogens is 3. The van der Waals surface area contributed by atoms with Gasteiger partial charge in [-0.3, -0.25) is 19.3 Å². The van der Waals surface area contributed by atoms with E-state index >= 15 is 0 Å². The standard InChI is InChI=1S/C20H25N5O2/c1-15-7-10-22-25(15)11-8-19(26)23-12-16-5-6-18(14-23)24(20(16)27)13-17-4-2-3-9-21-17/h2-4,7,9-10,16,18H,5-6,8,11-14H2,1H3/t16-,18+/m0/s1. The van der Waals surface area contributed by atoms with E-state index in [1.807, 2.05) is 45.7 Å². The first-order chi connectivity index (χ1) is 13.1. The van der Waals surface area contributed by atoms with Crippen molar-refractivity contribution in [1.29, 1.82) is 0 Å². The molecule has 2 aromatic rings. The molecule has 2 aromatic heterocycles. The fourth-order valence-corrected chi connectivity index (χ4v) is 4.11. The van der Waals surface area contributed by atoms with E-state index in [-0.39, 0.29) is 23.8 Å². The van der Waals surface area contributed by atoms with E-state index in [0.29, 0.717) is 32.6 Å². The summed E-state index contributed by atoms with van der Waals surface area (Å²) < 4.78 is 1.85. The normalized spacial score (nSPS) is 22.2. The Morgan fingerprint density at radius 3 is 2.81 bits per heavy atom. The van der Waals surface area contributed by atoms with Crippen LogP contribution in [0.2, 0.25) is 0 Å². The number of fused-ring (bicyclic) bond motifs is 4. The first-order valence-electron chi connectivity index (χ1n) is 9.58. The van der Waals surface area contributed by atoms with Crippen molar-refractivity contribution in [2.45, 2.75) is 45.3 Å². The average molecular weight is 367 g/mol. The van der Waals surface area contributed by atoms with Crippen LogP contribution >= 0.6 is 0 Å². The van der Waals surface area contributed by atoms with Gasteiger partial charge < -0.3 is 9.80 Å². The minimum atomic E-state index is -0.0946. The van der Waals surface area contributed by atoms with Gasteiger partial charge in [-0.25, -0.2) is 0 Å². The van der Waals surface area contributed by atoms with Gasteiger partial charge in [0.25, 0.3) is 0 Å². The first-order valence-corrected chi connectivity index (χ1v) is 9.58. The van der Waals surface area contributed by atoms with Crippen molar-refractivity contribution < 1.29 is 9.59 Å². The molecule has 0 radical (unpaired) electrons. The summed E-state index contributed by atoms with van der Waals surface area (Å²) in [5.41, 5.74) is 1.95. The molecule has 2 amide bonds. The van der Waals surface area contributed by atoms with Crippen LogP contribution in [0.15, 0.2) is 36.7 Å². The van der Waals surface area contributed by atoms with Gasteiger partial charge in [-0.05, 0) is 38.0 Å². The van der Waals surface area contributed by atoms with Crippen LogP contribution in [0.5, 0.6) is 0 Å². The summed E-state index contributed by atoms with van der Waals surface area (Å²) in [5.74, 6) is 0.173. The summed E-state index contributed by atoms with van der Waals surface area (Å²) in [4.78, 5) is 33.9. The predicted octanol–water partition coefficient (Wildman–Crippen LogP) is 1.63. The highest BCUT2D eigenvalue weighted by Gasteiger charge is 2.41. The maximum atomic E-state index is 12.9. The molecule has 0 N–H and O–H groups in total. The van der Waals surface area contributed by atoms with Crippen molar-refractivity contribution in [3.05, 3.63) is 48.0 Å². The lowest BCUT2D eigenvalue weighted by Gasteiger charge is -2.35. The molecule has 2 bridgehead atoms. The molecule has 3 saturated heterocycles. The fraction of sp³-hybridized carbons (Fsp3) is 0.500. The summed E-state index contributed by atoms with van der Waals surface area (Å²) in [5, 5.41) is 4.24. The number of aryl methyl sites for hydroxylation is 2. The SMILES string of the molecule is Cc1ccnn1CCC(=O)N1C[C@@H]2CC[C@H](C1)N(Cc1ccccn1)C2=O. The van der Waals surface area contributed by atoms with Crippen molar-refractivity contribution >= 4 is 11.8 Å². The van der Waals surface area contributed by atoms with Gasteiger partial charge in [0.15, 0.2) is 0 Å². The minimum Gasteiger partial charge on any atom is -0.340 e. The molecule has 0 saturated carbocycles. The molecule has 0 spiro atoms. The number of amides is 2. The highest BCUT2D eigenvalue weighted by molar-refractivity contribution is 5.83. The van der Waals surface area contributed by atoms with Crippen LogP contribution in [0.3, 0.4) is 0 Å². The zero-order chi connectivity index (χ0) is 18.8. The van der Waals surface area contributed by atoms with Gasteiger partial charge in [-0.15, -0.1) is 0 Å². The number of piperidine rings is 1. The number of rotatable bonds is 5. The summed E-state index contributed by atoms with van der Waals surface area (Å²) in [6.07, 6.45) is 5.73. The topological polar surface area (TPSA) is 71.3 Å². The van der Waals surface area contributed by atoms with Crippen LogP contribution in [0.25, 0.3) is 0 Å². The van der Waals surface area contributed by atoms with Crippen molar-refractivity contribution in [1.82, 2.24) is 24.6 Å². The van der Waals surface area contributed by atoms with Crippen molar-refractivity contribution in [3.63, 3.8) is 0 Å². The molecular formula is C20H25N5O2. The molecular weight excluding hydrogens is 342 g/mol. The van der Waals surface area contributed by atoms with Crippen molar-refractivity contribution in [3.8, 4) is 0 Å².